The van der Waals surface area contributed by atoms with Crippen molar-refractivity contribution in [2.24, 2.45) is 0 Å². The Morgan fingerprint density at radius 2 is 2.09 bits per heavy atom. The Labute approximate surface area is 134 Å². The van der Waals surface area contributed by atoms with E-state index in [1.165, 1.54) is 0 Å². The van der Waals surface area contributed by atoms with E-state index in [-0.39, 0.29) is 0 Å². The lowest BCUT2D eigenvalue weighted by atomic mass is 10.2. The number of aromatic nitrogens is 1. The Hall–Kier alpha value is -2.82. The van der Waals surface area contributed by atoms with Crippen molar-refractivity contribution >= 4 is 22.7 Å². The monoisotopic (exact) mass is 310 g/mol. The molecule has 1 N–H and O–H groups in total. The number of carbonyl (C=O) groups is 1. The first-order valence-corrected chi connectivity index (χ1v) is 7.64. The van der Waals surface area contributed by atoms with Gasteiger partial charge < -0.3 is 9.15 Å². The summed E-state index contributed by atoms with van der Waals surface area (Å²) in [7, 11) is 0. The van der Waals surface area contributed by atoms with E-state index in [9.17, 15) is 4.79 Å². The predicted molar refractivity (Wildman–Crippen MR) is 89.3 cm³/mol. The van der Waals surface area contributed by atoms with Crippen LogP contribution >= 0.6 is 0 Å². The normalized spacial score (nSPS) is 10.7. The van der Waals surface area contributed by atoms with Gasteiger partial charge in [0.05, 0.1) is 12.3 Å². The maximum atomic E-state index is 11.8. The number of benzene rings is 1. The van der Waals surface area contributed by atoms with Crippen LogP contribution in [0.2, 0.25) is 0 Å². The molecule has 5 nitrogen and oxygen atoms in total. The molecule has 1 amide bonds. The fourth-order valence-corrected chi connectivity index (χ4v) is 2.28. The number of rotatable bonds is 5. The van der Waals surface area contributed by atoms with Crippen molar-refractivity contribution in [1.29, 1.82) is 0 Å². The van der Waals surface area contributed by atoms with Crippen LogP contribution in [0.1, 0.15) is 19.8 Å². The maximum absolute atomic E-state index is 11.8. The number of amides is 1. The average molecular weight is 310 g/mol. The molecule has 0 spiro atoms. The van der Waals surface area contributed by atoms with Crippen molar-refractivity contribution < 1.29 is 13.9 Å². The van der Waals surface area contributed by atoms with Gasteiger partial charge in [0.2, 0.25) is 0 Å². The molecule has 1 aromatic carbocycles. The van der Waals surface area contributed by atoms with Gasteiger partial charge in [0.25, 0.3) is 0 Å². The number of ether oxygens (including phenoxy) is 1. The molecule has 0 aliphatic heterocycles. The molecule has 0 atom stereocenters. The minimum absolute atomic E-state index is 0.415. The van der Waals surface area contributed by atoms with Crippen LogP contribution in [0.25, 0.3) is 22.3 Å². The number of pyridine rings is 1. The highest BCUT2D eigenvalue weighted by Gasteiger charge is 2.12. The van der Waals surface area contributed by atoms with Crippen LogP contribution in [0.15, 0.2) is 53.2 Å². The highest BCUT2D eigenvalue weighted by molar-refractivity contribution is 5.98. The number of anilines is 1. The van der Waals surface area contributed by atoms with E-state index in [1.54, 1.807) is 18.5 Å². The fourth-order valence-electron chi connectivity index (χ4n) is 2.28. The summed E-state index contributed by atoms with van der Waals surface area (Å²) < 4.78 is 11.0. The van der Waals surface area contributed by atoms with Crippen LogP contribution < -0.4 is 5.32 Å². The number of furan rings is 1. The van der Waals surface area contributed by atoms with Crippen LogP contribution in [0.5, 0.6) is 0 Å². The maximum Gasteiger partial charge on any atom is 0.411 e. The fraction of sp³-hybridized carbons (Fsp3) is 0.222. The van der Waals surface area contributed by atoms with Crippen LogP contribution in [0.4, 0.5) is 10.5 Å². The largest absolute Gasteiger partial charge is 0.454 e. The summed E-state index contributed by atoms with van der Waals surface area (Å²) in [6, 6.07) is 11.3. The molecule has 2 heterocycles. The molecule has 118 valence electrons. The molecule has 0 saturated heterocycles. The first-order chi connectivity index (χ1) is 11.3. The zero-order valence-electron chi connectivity index (χ0n) is 12.9. The Bertz CT molecular complexity index is 796. The quantitative estimate of drug-likeness (QED) is 0.685. The number of carbonyl (C=O) groups excluding carboxylic acids is 1. The third kappa shape index (κ3) is 3.51. The standard InChI is InChI=1S/C18H18N2O3/c1-2-3-11-22-18(21)20-15-6-4-5-14-12-16(23-17(14)15)13-7-9-19-10-8-13/h4-10,12H,2-3,11H2,1H3,(H,20,21). The van der Waals surface area contributed by atoms with E-state index in [2.05, 4.69) is 10.3 Å². The Balaban J connectivity index is 1.84. The topological polar surface area (TPSA) is 64.4 Å². The molecule has 3 rings (SSSR count). The molecule has 0 aliphatic rings. The van der Waals surface area contributed by atoms with Crippen molar-refractivity contribution in [1.82, 2.24) is 4.98 Å². The minimum Gasteiger partial charge on any atom is -0.454 e. The van der Waals surface area contributed by atoms with Crippen LogP contribution in [-0.2, 0) is 4.74 Å². The summed E-state index contributed by atoms with van der Waals surface area (Å²) in [4.78, 5) is 15.8. The van der Waals surface area contributed by atoms with Gasteiger partial charge in [-0.1, -0.05) is 25.5 Å². The molecule has 0 radical (unpaired) electrons. The average Bonchev–Trinajstić information content (AvgIpc) is 3.01. The molecule has 0 unspecified atom stereocenters. The molecular weight excluding hydrogens is 292 g/mol. The van der Waals surface area contributed by atoms with Gasteiger partial charge in [-0.25, -0.2) is 4.79 Å². The second-order valence-electron chi connectivity index (χ2n) is 5.18. The van der Waals surface area contributed by atoms with Gasteiger partial charge >= 0.3 is 6.09 Å². The summed E-state index contributed by atoms with van der Waals surface area (Å²) in [6.07, 6.45) is 4.80. The summed E-state index contributed by atoms with van der Waals surface area (Å²) in [6.45, 7) is 2.46. The Morgan fingerprint density at radius 3 is 2.87 bits per heavy atom. The van der Waals surface area contributed by atoms with Gasteiger partial charge in [0, 0.05) is 23.3 Å². The van der Waals surface area contributed by atoms with E-state index in [1.807, 2.05) is 37.3 Å². The zero-order valence-corrected chi connectivity index (χ0v) is 12.9. The first kappa shape index (κ1) is 15.1. The zero-order chi connectivity index (χ0) is 16.1. The number of nitrogens with one attached hydrogen (secondary N) is 1. The highest BCUT2D eigenvalue weighted by atomic mass is 16.5. The van der Waals surface area contributed by atoms with Crippen molar-refractivity contribution in [3.05, 3.63) is 48.8 Å². The van der Waals surface area contributed by atoms with E-state index in [4.69, 9.17) is 9.15 Å². The van der Waals surface area contributed by atoms with Gasteiger partial charge in [-0.3, -0.25) is 10.3 Å². The summed E-state index contributed by atoms with van der Waals surface area (Å²) in [5.74, 6) is 0.732. The van der Waals surface area contributed by atoms with Crippen molar-refractivity contribution in [3.8, 4) is 11.3 Å². The number of unbranched alkanes of at least 4 members (excludes halogenated alkanes) is 1. The van der Waals surface area contributed by atoms with E-state index in [0.717, 1.165) is 29.6 Å². The highest BCUT2D eigenvalue weighted by Crippen LogP contribution is 2.32. The predicted octanol–water partition coefficient (Wildman–Crippen LogP) is 4.84. The van der Waals surface area contributed by atoms with Crippen molar-refractivity contribution in [3.63, 3.8) is 0 Å². The van der Waals surface area contributed by atoms with Crippen molar-refractivity contribution in [2.45, 2.75) is 19.8 Å². The van der Waals surface area contributed by atoms with E-state index >= 15 is 0 Å². The minimum atomic E-state index is -0.465. The molecule has 5 heteroatoms. The van der Waals surface area contributed by atoms with Crippen LogP contribution in [0.3, 0.4) is 0 Å². The smallest absolute Gasteiger partial charge is 0.411 e. The molecule has 0 saturated carbocycles. The summed E-state index contributed by atoms with van der Waals surface area (Å²) >= 11 is 0. The first-order valence-electron chi connectivity index (χ1n) is 7.64. The summed E-state index contributed by atoms with van der Waals surface area (Å²) in [5.41, 5.74) is 2.17. The molecule has 23 heavy (non-hydrogen) atoms. The molecule has 0 aliphatic carbocycles. The second kappa shape index (κ2) is 6.96. The van der Waals surface area contributed by atoms with E-state index < -0.39 is 6.09 Å². The van der Waals surface area contributed by atoms with Gasteiger partial charge in [0.1, 0.15) is 5.76 Å². The Morgan fingerprint density at radius 1 is 1.26 bits per heavy atom. The third-order valence-corrected chi connectivity index (χ3v) is 3.48. The molecule has 3 aromatic rings. The van der Waals surface area contributed by atoms with Crippen LogP contribution in [0, 0.1) is 0 Å². The summed E-state index contributed by atoms with van der Waals surface area (Å²) in [5, 5.41) is 3.66. The number of para-hydroxylation sites is 1. The number of hydrogen-bond acceptors (Lipinski definition) is 4. The lowest BCUT2D eigenvalue weighted by Gasteiger charge is -2.06. The third-order valence-electron chi connectivity index (χ3n) is 3.48. The second-order valence-corrected chi connectivity index (χ2v) is 5.18. The van der Waals surface area contributed by atoms with Gasteiger partial charge in [-0.2, -0.15) is 0 Å². The molecular formula is C18H18N2O3. The van der Waals surface area contributed by atoms with Crippen LogP contribution in [-0.4, -0.2) is 17.7 Å². The van der Waals surface area contributed by atoms with Gasteiger partial charge in [0.15, 0.2) is 5.58 Å². The van der Waals surface area contributed by atoms with Gasteiger partial charge in [-0.15, -0.1) is 0 Å². The number of hydrogen-bond donors (Lipinski definition) is 1. The Kier molecular flexibility index (Phi) is 4.57. The van der Waals surface area contributed by atoms with E-state index in [0.29, 0.717) is 17.9 Å². The van der Waals surface area contributed by atoms with Crippen molar-refractivity contribution in [2.75, 3.05) is 11.9 Å². The molecule has 0 bridgehead atoms. The lowest BCUT2D eigenvalue weighted by Crippen LogP contribution is -2.14. The van der Waals surface area contributed by atoms with Gasteiger partial charge in [-0.05, 0) is 30.7 Å². The SMILES string of the molecule is CCCCOC(=O)Nc1cccc2cc(-c3ccncc3)oc12. The number of fused-ring (bicyclic) bond motifs is 1. The lowest BCUT2D eigenvalue weighted by molar-refractivity contribution is 0.160. The number of nitrogens with zero attached hydrogens (tertiary/aromatic N) is 1. The molecule has 0 fully saturated rings. The molecule has 2 aromatic heterocycles.